The molecular weight excluding hydrogens is 925 g/mol. The Labute approximate surface area is 467 Å². The summed E-state index contributed by atoms with van der Waals surface area (Å²) < 4.78 is 16.9. The minimum atomic E-state index is -0.778. The monoisotopic (exact) mass is 1050 g/mol. The molecule has 0 aromatic heterocycles. The van der Waals surface area contributed by atoms with Crippen molar-refractivity contribution in [3.05, 3.63) is 48.6 Å². The smallest absolute Gasteiger partial charge is 0.306 e. The highest BCUT2D eigenvalue weighted by Gasteiger charge is 2.19. The van der Waals surface area contributed by atoms with E-state index >= 15 is 0 Å². The highest BCUT2D eigenvalue weighted by Crippen LogP contribution is 2.18. The Morgan fingerprint density at radius 2 is 0.520 bits per heavy atom. The van der Waals surface area contributed by atoms with Gasteiger partial charge in [-0.1, -0.05) is 326 Å². The van der Waals surface area contributed by atoms with Crippen molar-refractivity contribution in [3.8, 4) is 0 Å². The van der Waals surface area contributed by atoms with E-state index in [4.69, 9.17) is 14.2 Å². The van der Waals surface area contributed by atoms with Crippen molar-refractivity contribution in [3.63, 3.8) is 0 Å². The normalized spacial score (nSPS) is 12.3. The highest BCUT2D eigenvalue weighted by molar-refractivity contribution is 5.71. The van der Waals surface area contributed by atoms with Gasteiger partial charge in [-0.2, -0.15) is 0 Å². The van der Waals surface area contributed by atoms with Gasteiger partial charge in [0.05, 0.1) is 0 Å². The minimum Gasteiger partial charge on any atom is -0.462 e. The van der Waals surface area contributed by atoms with E-state index in [1.54, 1.807) is 0 Å². The van der Waals surface area contributed by atoms with E-state index in [1.807, 2.05) is 0 Å². The number of allylic oxidation sites excluding steroid dienone is 8. The number of ether oxygens (including phenoxy) is 3. The van der Waals surface area contributed by atoms with Gasteiger partial charge in [-0.3, -0.25) is 14.4 Å². The third-order valence-corrected chi connectivity index (χ3v) is 14.8. The Morgan fingerprint density at radius 1 is 0.280 bits per heavy atom. The average Bonchev–Trinajstić information content (AvgIpc) is 3.41. The fourth-order valence-electron chi connectivity index (χ4n) is 9.91. The van der Waals surface area contributed by atoms with Crippen LogP contribution in [0.2, 0.25) is 0 Å². The third kappa shape index (κ3) is 62.1. The Kier molecular flexibility index (Phi) is 61.7. The number of unbranched alkanes of at least 4 members (excludes halogenated alkanes) is 42. The van der Waals surface area contributed by atoms with Gasteiger partial charge in [0.2, 0.25) is 0 Å². The van der Waals surface area contributed by atoms with Gasteiger partial charge >= 0.3 is 17.9 Å². The van der Waals surface area contributed by atoms with Crippen molar-refractivity contribution in [2.45, 2.75) is 361 Å². The summed E-state index contributed by atoms with van der Waals surface area (Å²) in [6.07, 6.45) is 80.0. The second kappa shape index (κ2) is 63.9. The highest BCUT2D eigenvalue weighted by atomic mass is 16.6. The number of esters is 3. The number of carbonyl (C=O) groups is 3. The van der Waals surface area contributed by atoms with Gasteiger partial charge in [-0.25, -0.2) is 0 Å². The molecule has 0 aliphatic heterocycles. The molecule has 0 amide bonds. The van der Waals surface area contributed by atoms with Crippen LogP contribution in [-0.4, -0.2) is 37.2 Å². The van der Waals surface area contributed by atoms with Crippen molar-refractivity contribution >= 4 is 17.9 Å². The van der Waals surface area contributed by atoms with E-state index in [0.717, 1.165) is 96.3 Å². The zero-order valence-corrected chi connectivity index (χ0v) is 50.3. The van der Waals surface area contributed by atoms with Crippen LogP contribution in [-0.2, 0) is 28.6 Å². The van der Waals surface area contributed by atoms with Gasteiger partial charge in [0.15, 0.2) is 6.10 Å². The maximum Gasteiger partial charge on any atom is 0.306 e. The zero-order chi connectivity index (χ0) is 54.3. The first kappa shape index (κ1) is 72.4. The van der Waals surface area contributed by atoms with E-state index in [1.165, 1.54) is 218 Å². The lowest BCUT2D eigenvalue weighted by atomic mass is 10.0. The molecule has 0 aromatic carbocycles. The predicted octanol–water partition coefficient (Wildman–Crippen LogP) is 22.6. The van der Waals surface area contributed by atoms with Crippen LogP contribution in [0.15, 0.2) is 48.6 Å². The van der Waals surface area contributed by atoms with E-state index in [-0.39, 0.29) is 31.1 Å². The maximum absolute atomic E-state index is 12.9. The van der Waals surface area contributed by atoms with Crippen LogP contribution in [0.3, 0.4) is 0 Å². The summed E-state index contributed by atoms with van der Waals surface area (Å²) in [6.45, 7) is 6.57. The molecule has 0 bridgehead atoms. The molecular formula is C69H126O6. The van der Waals surface area contributed by atoms with Crippen LogP contribution in [0.5, 0.6) is 0 Å². The molecule has 0 heterocycles. The molecule has 0 aliphatic carbocycles. The SMILES string of the molecule is CC/C=C\C/C=C\C/C=C\C/C=C\CCCCCCCCC(=O)OC(COC(=O)CCCCCCCCCCCCC)COC(=O)CCCCCCCCCCCCCCCCCCCCCCCCCCCCC. The van der Waals surface area contributed by atoms with Crippen molar-refractivity contribution in [1.82, 2.24) is 0 Å². The maximum atomic E-state index is 12.9. The fourth-order valence-corrected chi connectivity index (χ4v) is 9.91. The Balaban J connectivity index is 4.19. The largest absolute Gasteiger partial charge is 0.462 e. The molecule has 0 aromatic rings. The quantitative estimate of drug-likeness (QED) is 0.0261. The van der Waals surface area contributed by atoms with Gasteiger partial charge in [-0.15, -0.1) is 0 Å². The second-order valence-electron chi connectivity index (χ2n) is 22.4. The van der Waals surface area contributed by atoms with Gasteiger partial charge in [0, 0.05) is 19.3 Å². The lowest BCUT2D eigenvalue weighted by Crippen LogP contribution is -2.30. The van der Waals surface area contributed by atoms with Crippen molar-refractivity contribution in [2.24, 2.45) is 0 Å². The molecule has 0 saturated carbocycles. The average molecular weight is 1050 g/mol. The molecule has 1 unspecified atom stereocenters. The van der Waals surface area contributed by atoms with Crippen LogP contribution < -0.4 is 0 Å². The Bertz CT molecular complexity index is 1300. The number of hydrogen-bond donors (Lipinski definition) is 0. The number of carbonyl (C=O) groups excluding carboxylic acids is 3. The Hall–Kier alpha value is -2.63. The molecule has 0 aliphatic rings. The van der Waals surface area contributed by atoms with Crippen molar-refractivity contribution < 1.29 is 28.6 Å². The minimum absolute atomic E-state index is 0.0743. The lowest BCUT2D eigenvalue weighted by molar-refractivity contribution is -0.167. The number of hydrogen-bond acceptors (Lipinski definition) is 6. The van der Waals surface area contributed by atoms with Gasteiger partial charge in [-0.05, 0) is 57.8 Å². The summed E-state index contributed by atoms with van der Waals surface area (Å²) in [5, 5.41) is 0. The molecule has 1 atom stereocenters. The second-order valence-corrected chi connectivity index (χ2v) is 22.4. The lowest BCUT2D eigenvalue weighted by Gasteiger charge is -2.18. The van der Waals surface area contributed by atoms with E-state index in [2.05, 4.69) is 69.4 Å². The molecule has 0 fully saturated rings. The molecule has 0 radical (unpaired) electrons. The van der Waals surface area contributed by atoms with Crippen LogP contribution in [0.4, 0.5) is 0 Å². The summed E-state index contributed by atoms with van der Waals surface area (Å²) in [6, 6.07) is 0. The molecule has 75 heavy (non-hydrogen) atoms. The third-order valence-electron chi connectivity index (χ3n) is 14.8. The van der Waals surface area contributed by atoms with Gasteiger partial charge in [0.1, 0.15) is 13.2 Å². The van der Waals surface area contributed by atoms with Gasteiger partial charge in [0.25, 0.3) is 0 Å². The van der Waals surface area contributed by atoms with Crippen LogP contribution in [0.25, 0.3) is 0 Å². The van der Waals surface area contributed by atoms with Crippen molar-refractivity contribution in [2.75, 3.05) is 13.2 Å². The molecule has 438 valence electrons. The Morgan fingerprint density at radius 3 is 0.813 bits per heavy atom. The molecule has 6 nitrogen and oxygen atoms in total. The first-order valence-electron chi connectivity index (χ1n) is 33.1. The van der Waals surface area contributed by atoms with E-state index in [9.17, 15) is 14.4 Å². The molecule has 0 rings (SSSR count). The first-order chi connectivity index (χ1) is 37.0. The van der Waals surface area contributed by atoms with Crippen LogP contribution in [0, 0.1) is 0 Å². The summed E-state index contributed by atoms with van der Waals surface area (Å²) in [4.78, 5) is 38.3. The fraction of sp³-hybridized carbons (Fsp3) is 0.841. The topological polar surface area (TPSA) is 78.9 Å². The standard InChI is InChI=1S/C69H126O6/c1-4-7-10-13-16-19-22-24-26-28-30-31-32-33-34-35-36-37-39-40-42-44-47-50-53-56-59-62-68(71)74-65-66(64-73-67(70)61-58-55-52-49-46-21-18-15-12-9-6-3)75-69(72)63-60-57-54-51-48-45-43-41-38-29-27-25-23-20-17-14-11-8-5-2/h8,11,17,20,25,27,38,41,66H,4-7,9-10,12-16,18-19,21-24,26,28-37,39-40,42-65H2,1-3H3/b11-8-,20-17-,27-25-,41-38-. The van der Waals surface area contributed by atoms with Crippen molar-refractivity contribution in [1.29, 1.82) is 0 Å². The van der Waals surface area contributed by atoms with Crippen LogP contribution in [0.1, 0.15) is 355 Å². The first-order valence-corrected chi connectivity index (χ1v) is 33.1. The van der Waals surface area contributed by atoms with Gasteiger partial charge < -0.3 is 14.2 Å². The van der Waals surface area contributed by atoms with Crippen LogP contribution >= 0.6 is 0 Å². The molecule has 0 spiro atoms. The number of rotatable bonds is 61. The summed E-state index contributed by atoms with van der Waals surface area (Å²) in [5.74, 6) is -0.867. The zero-order valence-electron chi connectivity index (χ0n) is 50.3. The van der Waals surface area contributed by atoms with E-state index < -0.39 is 6.10 Å². The summed E-state index contributed by atoms with van der Waals surface area (Å²) in [7, 11) is 0. The molecule has 6 heteroatoms. The predicted molar refractivity (Wildman–Crippen MR) is 325 cm³/mol. The summed E-state index contributed by atoms with van der Waals surface area (Å²) in [5.41, 5.74) is 0. The molecule has 0 saturated heterocycles. The molecule has 0 N–H and O–H groups in total. The summed E-state index contributed by atoms with van der Waals surface area (Å²) >= 11 is 0. The van der Waals surface area contributed by atoms with E-state index in [0.29, 0.717) is 19.3 Å².